The molecule has 4 rings (SSSR count). The van der Waals surface area contributed by atoms with Crippen molar-refractivity contribution in [2.45, 2.75) is 33.1 Å². The van der Waals surface area contributed by atoms with E-state index in [-0.39, 0.29) is 17.4 Å². The summed E-state index contributed by atoms with van der Waals surface area (Å²) in [5.74, 6) is 0.0599. The molecule has 0 bridgehead atoms. The van der Waals surface area contributed by atoms with Gasteiger partial charge in [0.05, 0.1) is 0 Å². The van der Waals surface area contributed by atoms with Crippen molar-refractivity contribution in [3.05, 3.63) is 51.9 Å². The van der Waals surface area contributed by atoms with Crippen LogP contribution in [-0.2, 0) is 11.2 Å². The quantitative estimate of drug-likeness (QED) is 0.732. The van der Waals surface area contributed by atoms with Crippen LogP contribution in [0.25, 0.3) is 4.96 Å². The highest BCUT2D eigenvalue weighted by Gasteiger charge is 2.27. The van der Waals surface area contributed by atoms with Crippen LogP contribution in [0.3, 0.4) is 0 Å². The predicted octanol–water partition coefficient (Wildman–Crippen LogP) is 2.88. The van der Waals surface area contributed by atoms with E-state index in [9.17, 15) is 9.59 Å². The zero-order valence-electron chi connectivity index (χ0n) is 16.0. The number of rotatable bonds is 4. The second-order valence-corrected chi connectivity index (χ2v) is 8.05. The monoisotopic (exact) mass is 397 g/mol. The summed E-state index contributed by atoms with van der Waals surface area (Å²) < 4.78 is 1.35. The van der Waals surface area contributed by atoms with Crippen LogP contribution >= 0.6 is 11.3 Å². The average molecular weight is 398 g/mol. The van der Waals surface area contributed by atoms with Gasteiger partial charge in [-0.15, -0.1) is 5.10 Å². The third kappa shape index (κ3) is 3.77. The fourth-order valence-corrected chi connectivity index (χ4v) is 4.49. The van der Waals surface area contributed by atoms with Gasteiger partial charge in [0, 0.05) is 36.5 Å². The third-order valence-electron chi connectivity index (χ3n) is 5.10. The first kappa shape index (κ1) is 18.6. The molecule has 0 radical (unpaired) electrons. The summed E-state index contributed by atoms with van der Waals surface area (Å²) in [5.41, 5.74) is 2.61. The lowest BCUT2D eigenvalue weighted by Gasteiger charge is -2.30. The van der Waals surface area contributed by atoms with Gasteiger partial charge in [-0.05, 0) is 43.9 Å². The summed E-state index contributed by atoms with van der Waals surface area (Å²) in [7, 11) is 0. The molecule has 1 saturated heterocycles. The molecule has 1 aromatic carbocycles. The van der Waals surface area contributed by atoms with Crippen molar-refractivity contribution in [2.75, 3.05) is 23.3 Å². The molecule has 1 fully saturated rings. The van der Waals surface area contributed by atoms with E-state index in [2.05, 4.69) is 33.3 Å². The van der Waals surface area contributed by atoms with Gasteiger partial charge in [0.25, 0.3) is 5.56 Å². The Hall–Kier alpha value is -2.74. The molecule has 2 aromatic heterocycles. The molecule has 1 aliphatic heterocycles. The Morgan fingerprint density at radius 1 is 1.29 bits per heavy atom. The summed E-state index contributed by atoms with van der Waals surface area (Å²) in [6.07, 6.45) is 2.47. The second-order valence-electron chi connectivity index (χ2n) is 7.12. The van der Waals surface area contributed by atoms with Crippen molar-refractivity contribution in [1.29, 1.82) is 0 Å². The number of amides is 1. The van der Waals surface area contributed by atoms with Gasteiger partial charge < -0.3 is 10.2 Å². The topological polar surface area (TPSA) is 79.6 Å². The van der Waals surface area contributed by atoms with E-state index in [4.69, 9.17) is 0 Å². The zero-order chi connectivity index (χ0) is 19.7. The number of carbonyl (C=O) groups is 1. The lowest BCUT2D eigenvalue weighted by Crippen LogP contribution is -2.38. The van der Waals surface area contributed by atoms with Crippen LogP contribution in [0.15, 0.2) is 35.1 Å². The third-order valence-corrected chi connectivity index (χ3v) is 6.07. The van der Waals surface area contributed by atoms with E-state index < -0.39 is 0 Å². The number of aromatic nitrogens is 3. The smallest absolute Gasteiger partial charge is 0.275 e. The number of carbonyl (C=O) groups excluding carboxylic acids is 1. The summed E-state index contributed by atoms with van der Waals surface area (Å²) in [6, 6.07) is 9.48. The van der Waals surface area contributed by atoms with Crippen LogP contribution in [0.1, 0.15) is 31.0 Å². The van der Waals surface area contributed by atoms with Crippen LogP contribution in [0.5, 0.6) is 0 Å². The van der Waals surface area contributed by atoms with Crippen molar-refractivity contribution in [1.82, 2.24) is 14.6 Å². The van der Waals surface area contributed by atoms with Gasteiger partial charge in [0.1, 0.15) is 0 Å². The maximum atomic E-state index is 12.6. The van der Waals surface area contributed by atoms with Crippen LogP contribution in [0, 0.1) is 12.8 Å². The molecule has 3 aromatic rings. The number of anilines is 2. The number of benzene rings is 1. The molecule has 28 heavy (non-hydrogen) atoms. The van der Waals surface area contributed by atoms with E-state index in [1.807, 2.05) is 18.2 Å². The summed E-state index contributed by atoms with van der Waals surface area (Å²) >= 11 is 1.41. The van der Waals surface area contributed by atoms with E-state index in [0.29, 0.717) is 10.7 Å². The van der Waals surface area contributed by atoms with Gasteiger partial charge in [-0.2, -0.15) is 4.52 Å². The van der Waals surface area contributed by atoms with Crippen molar-refractivity contribution in [2.24, 2.45) is 5.92 Å². The first-order valence-electron chi connectivity index (χ1n) is 9.56. The molecule has 146 valence electrons. The van der Waals surface area contributed by atoms with Crippen molar-refractivity contribution < 1.29 is 4.79 Å². The Morgan fingerprint density at radius 2 is 2.07 bits per heavy atom. The molecule has 3 heterocycles. The first-order chi connectivity index (χ1) is 13.5. The average Bonchev–Trinajstić information content (AvgIpc) is 3.12. The summed E-state index contributed by atoms with van der Waals surface area (Å²) in [5, 5.41) is 8.25. The SMILES string of the molecule is CCc1cccc(NC(=O)C2CCN(c3nn4c(=O)cc(C)nc4s3)CC2)c1. The van der Waals surface area contributed by atoms with Gasteiger partial charge in [-0.25, -0.2) is 4.98 Å². The Labute approximate surface area is 167 Å². The lowest BCUT2D eigenvalue weighted by atomic mass is 9.96. The second kappa shape index (κ2) is 7.71. The number of hydrogen-bond donors (Lipinski definition) is 1. The van der Waals surface area contributed by atoms with Gasteiger partial charge in [-0.1, -0.05) is 30.4 Å². The number of nitrogens with one attached hydrogen (secondary N) is 1. The molecule has 0 aliphatic carbocycles. The fraction of sp³-hybridized carbons (Fsp3) is 0.400. The fourth-order valence-electron chi connectivity index (χ4n) is 3.48. The Balaban J connectivity index is 1.41. The lowest BCUT2D eigenvalue weighted by molar-refractivity contribution is -0.120. The predicted molar refractivity (Wildman–Crippen MR) is 111 cm³/mol. The van der Waals surface area contributed by atoms with Crippen molar-refractivity contribution in [3.8, 4) is 0 Å². The molecular weight excluding hydrogens is 374 g/mol. The standard InChI is InChI=1S/C20H23N5O2S/c1-3-14-5-4-6-16(12-14)22-18(27)15-7-9-24(10-8-15)20-23-25-17(26)11-13(2)21-19(25)28-20/h4-6,11-12,15H,3,7-10H2,1-2H3,(H,22,27). The minimum absolute atomic E-state index is 0.0148. The molecule has 0 spiro atoms. The minimum atomic E-state index is -0.159. The zero-order valence-corrected chi connectivity index (χ0v) is 16.8. The first-order valence-corrected chi connectivity index (χ1v) is 10.4. The number of aryl methyl sites for hydroxylation is 2. The molecule has 8 heteroatoms. The molecule has 1 amide bonds. The molecule has 1 N–H and O–H groups in total. The highest BCUT2D eigenvalue weighted by Crippen LogP contribution is 2.27. The Kier molecular flexibility index (Phi) is 5.13. The number of hydrogen-bond acceptors (Lipinski definition) is 6. The molecule has 7 nitrogen and oxygen atoms in total. The highest BCUT2D eigenvalue weighted by atomic mass is 32.1. The van der Waals surface area contributed by atoms with E-state index in [1.54, 1.807) is 6.92 Å². The number of fused-ring (bicyclic) bond motifs is 1. The van der Waals surface area contributed by atoms with Gasteiger partial charge >= 0.3 is 0 Å². The maximum Gasteiger partial charge on any atom is 0.275 e. The summed E-state index contributed by atoms with van der Waals surface area (Å²) in [4.78, 5) is 31.8. The Bertz CT molecular complexity index is 1070. The van der Waals surface area contributed by atoms with Gasteiger partial charge in [-0.3, -0.25) is 9.59 Å². The van der Waals surface area contributed by atoms with Crippen LogP contribution in [0.2, 0.25) is 0 Å². The van der Waals surface area contributed by atoms with E-state index >= 15 is 0 Å². The molecule has 0 saturated carbocycles. The molecular formula is C20H23N5O2S. The number of piperidine rings is 1. The van der Waals surface area contributed by atoms with E-state index in [0.717, 1.165) is 43.2 Å². The normalized spacial score (nSPS) is 15.1. The highest BCUT2D eigenvalue weighted by molar-refractivity contribution is 7.20. The van der Waals surface area contributed by atoms with Crippen LogP contribution in [0.4, 0.5) is 10.8 Å². The van der Waals surface area contributed by atoms with E-state index in [1.165, 1.54) is 27.5 Å². The molecule has 0 unspecified atom stereocenters. The molecule has 1 aliphatic rings. The van der Waals surface area contributed by atoms with Gasteiger partial charge in [0.15, 0.2) is 0 Å². The molecule has 0 atom stereocenters. The minimum Gasteiger partial charge on any atom is -0.347 e. The van der Waals surface area contributed by atoms with Gasteiger partial charge in [0.2, 0.25) is 16.0 Å². The summed E-state index contributed by atoms with van der Waals surface area (Å²) in [6.45, 7) is 5.38. The van der Waals surface area contributed by atoms with Crippen molar-refractivity contribution >= 4 is 33.0 Å². The van der Waals surface area contributed by atoms with Crippen LogP contribution in [-0.4, -0.2) is 33.6 Å². The van der Waals surface area contributed by atoms with Crippen LogP contribution < -0.4 is 15.8 Å². The largest absolute Gasteiger partial charge is 0.347 e. The maximum absolute atomic E-state index is 12.6. The number of nitrogens with zero attached hydrogens (tertiary/aromatic N) is 4. The van der Waals surface area contributed by atoms with Crippen molar-refractivity contribution in [3.63, 3.8) is 0 Å². The Morgan fingerprint density at radius 3 is 2.82 bits per heavy atom.